The third-order valence-electron chi connectivity index (χ3n) is 4.83. The predicted octanol–water partition coefficient (Wildman–Crippen LogP) is 2.28. The average molecular weight is 406 g/mol. The zero-order chi connectivity index (χ0) is 19.0. The minimum absolute atomic E-state index is 0.112. The van der Waals surface area contributed by atoms with Crippen LogP contribution in [0.1, 0.15) is 19.3 Å². The number of hydrogen-bond acceptors (Lipinski definition) is 5. The minimum atomic E-state index is -3.74. The molecule has 3 heterocycles. The Kier molecular flexibility index (Phi) is 4.75. The van der Waals surface area contributed by atoms with E-state index >= 15 is 0 Å². The lowest BCUT2D eigenvalue weighted by Gasteiger charge is -2.38. The molecule has 0 aliphatic carbocycles. The quantitative estimate of drug-likeness (QED) is 0.849. The number of piperidine rings is 1. The number of carbonyl (C=O) groups is 2. The first-order valence-corrected chi connectivity index (χ1v) is 11.1. The normalized spacial score (nSPS) is 20.8. The Morgan fingerprint density at radius 2 is 1.96 bits per heavy atom. The Hall–Kier alpha value is -2.23. The van der Waals surface area contributed by atoms with Crippen LogP contribution >= 0.6 is 11.3 Å². The number of nitrogens with one attached hydrogen (secondary N) is 1. The fraction of sp³-hybridized carbons (Fsp3) is 0.333. The molecule has 4 rings (SSSR count). The van der Waals surface area contributed by atoms with Gasteiger partial charge in [0.25, 0.3) is 10.0 Å². The number of para-hydroxylation sites is 2. The van der Waals surface area contributed by atoms with Crippen LogP contribution in [-0.2, 0) is 19.6 Å². The average Bonchev–Trinajstić information content (AvgIpc) is 3.22. The van der Waals surface area contributed by atoms with Gasteiger partial charge in [-0.1, -0.05) is 24.6 Å². The van der Waals surface area contributed by atoms with Crippen molar-refractivity contribution in [2.75, 3.05) is 23.3 Å². The van der Waals surface area contributed by atoms with E-state index in [1.54, 1.807) is 41.8 Å². The van der Waals surface area contributed by atoms with Crippen LogP contribution in [0.25, 0.3) is 0 Å². The van der Waals surface area contributed by atoms with Crippen LogP contribution in [0.4, 0.5) is 11.4 Å². The fourth-order valence-electron chi connectivity index (χ4n) is 3.58. The number of sulfonamides is 1. The lowest BCUT2D eigenvalue weighted by Crippen LogP contribution is -2.55. The molecule has 1 aromatic carbocycles. The summed E-state index contributed by atoms with van der Waals surface area (Å²) in [6, 6.07) is 9.49. The summed E-state index contributed by atoms with van der Waals surface area (Å²) in [4.78, 5) is 26.8. The summed E-state index contributed by atoms with van der Waals surface area (Å²) in [6.07, 6.45) is 1.93. The highest BCUT2D eigenvalue weighted by molar-refractivity contribution is 7.91. The molecule has 1 aromatic heterocycles. The predicted molar refractivity (Wildman–Crippen MR) is 103 cm³/mol. The maximum Gasteiger partial charge on any atom is 0.253 e. The Morgan fingerprint density at radius 1 is 1.15 bits per heavy atom. The van der Waals surface area contributed by atoms with Crippen LogP contribution in [-0.4, -0.2) is 43.7 Å². The molecular formula is C18H19N3O4S2. The highest BCUT2D eigenvalue weighted by Gasteiger charge is 2.41. The number of nitrogens with zero attached hydrogens (tertiary/aromatic N) is 2. The number of carbonyl (C=O) groups excluding carboxylic acids is 2. The molecule has 1 fully saturated rings. The molecule has 2 aliphatic rings. The maximum atomic E-state index is 13.3. The highest BCUT2D eigenvalue weighted by Crippen LogP contribution is 2.33. The second kappa shape index (κ2) is 7.06. The van der Waals surface area contributed by atoms with Gasteiger partial charge in [0.1, 0.15) is 16.8 Å². The lowest BCUT2D eigenvalue weighted by atomic mass is 10.0. The van der Waals surface area contributed by atoms with Gasteiger partial charge in [-0.05, 0) is 36.4 Å². The van der Waals surface area contributed by atoms with E-state index in [0.717, 1.165) is 17.8 Å². The van der Waals surface area contributed by atoms with E-state index < -0.39 is 16.1 Å². The second-order valence-corrected chi connectivity index (χ2v) is 9.61. The molecule has 1 saturated heterocycles. The van der Waals surface area contributed by atoms with Gasteiger partial charge in [0.2, 0.25) is 11.8 Å². The fourth-order valence-corrected chi connectivity index (χ4v) is 6.35. The molecule has 0 bridgehead atoms. The van der Waals surface area contributed by atoms with Crippen molar-refractivity contribution in [2.45, 2.75) is 29.5 Å². The summed E-state index contributed by atoms with van der Waals surface area (Å²) >= 11 is 1.14. The summed E-state index contributed by atoms with van der Waals surface area (Å²) in [5.41, 5.74) is 1.16. The first kappa shape index (κ1) is 18.1. The number of amides is 2. The van der Waals surface area contributed by atoms with Crippen LogP contribution in [0.15, 0.2) is 46.0 Å². The van der Waals surface area contributed by atoms with Gasteiger partial charge in [0.05, 0.1) is 11.4 Å². The van der Waals surface area contributed by atoms with Gasteiger partial charge in [-0.2, -0.15) is 4.31 Å². The minimum Gasteiger partial charge on any atom is -0.323 e. The summed E-state index contributed by atoms with van der Waals surface area (Å²) in [7, 11) is -3.74. The third kappa shape index (κ3) is 3.26. The molecule has 1 atom stereocenters. The molecule has 0 spiro atoms. The van der Waals surface area contributed by atoms with Crippen LogP contribution in [0.3, 0.4) is 0 Å². The zero-order valence-electron chi connectivity index (χ0n) is 14.5. The summed E-state index contributed by atoms with van der Waals surface area (Å²) in [5, 5.41) is 4.46. The van der Waals surface area contributed by atoms with Crippen LogP contribution < -0.4 is 10.2 Å². The number of hydrogen-bond donors (Lipinski definition) is 1. The molecule has 7 nitrogen and oxygen atoms in total. The third-order valence-corrected chi connectivity index (χ3v) is 8.11. The molecule has 1 N–H and O–H groups in total. The molecular weight excluding hydrogens is 386 g/mol. The van der Waals surface area contributed by atoms with E-state index in [0.29, 0.717) is 30.8 Å². The van der Waals surface area contributed by atoms with Crippen LogP contribution in [0.2, 0.25) is 0 Å². The lowest BCUT2D eigenvalue weighted by molar-refractivity contribution is -0.125. The molecule has 0 saturated carbocycles. The second-order valence-electron chi connectivity index (χ2n) is 6.55. The Morgan fingerprint density at radius 3 is 2.74 bits per heavy atom. The van der Waals surface area contributed by atoms with Gasteiger partial charge in [0, 0.05) is 6.54 Å². The zero-order valence-corrected chi connectivity index (χ0v) is 16.1. The highest BCUT2D eigenvalue weighted by atomic mass is 32.2. The molecule has 142 valence electrons. The van der Waals surface area contributed by atoms with E-state index in [4.69, 9.17) is 0 Å². The molecule has 2 aliphatic heterocycles. The standard InChI is InChI=1S/C18H19N3O4S2/c22-16-12-20(14-7-2-1-6-13(14)19-16)18(23)15-8-3-4-10-21(15)27(24,25)17-9-5-11-26-17/h1-2,5-7,9,11,15H,3-4,8,10,12H2,(H,19,22)/t15-/m0/s1. The number of benzene rings is 1. The molecule has 2 aromatic rings. The Balaban J connectivity index is 1.69. The number of fused-ring (bicyclic) bond motifs is 1. The maximum absolute atomic E-state index is 13.3. The van der Waals surface area contributed by atoms with Gasteiger partial charge in [0.15, 0.2) is 0 Å². The monoisotopic (exact) mass is 405 g/mol. The SMILES string of the molecule is O=C1CN(C(=O)[C@@H]2CCCCN2S(=O)(=O)c2cccs2)c2ccccc2N1. The van der Waals surface area contributed by atoms with E-state index in [2.05, 4.69) is 5.32 Å². The van der Waals surface area contributed by atoms with Gasteiger partial charge < -0.3 is 5.32 Å². The van der Waals surface area contributed by atoms with Gasteiger partial charge in [-0.15, -0.1) is 11.3 Å². The van der Waals surface area contributed by atoms with E-state index in [1.807, 2.05) is 0 Å². The molecule has 0 radical (unpaired) electrons. The van der Waals surface area contributed by atoms with Gasteiger partial charge in [-0.25, -0.2) is 8.42 Å². The van der Waals surface area contributed by atoms with Crippen molar-refractivity contribution in [2.24, 2.45) is 0 Å². The van der Waals surface area contributed by atoms with Crippen molar-refractivity contribution in [3.05, 3.63) is 41.8 Å². The number of rotatable bonds is 3. The van der Waals surface area contributed by atoms with E-state index in [-0.39, 0.29) is 22.6 Å². The van der Waals surface area contributed by atoms with Crippen molar-refractivity contribution < 1.29 is 18.0 Å². The van der Waals surface area contributed by atoms with Crippen LogP contribution in [0, 0.1) is 0 Å². The van der Waals surface area contributed by atoms with Crippen molar-refractivity contribution in [3.8, 4) is 0 Å². The molecule has 2 amide bonds. The van der Waals surface area contributed by atoms with E-state index in [1.165, 1.54) is 9.21 Å². The van der Waals surface area contributed by atoms with Crippen molar-refractivity contribution in [1.29, 1.82) is 0 Å². The Bertz CT molecular complexity index is 972. The summed E-state index contributed by atoms with van der Waals surface area (Å²) in [6.45, 7) is 0.192. The summed E-state index contributed by atoms with van der Waals surface area (Å²) < 4.78 is 27.6. The van der Waals surface area contributed by atoms with Gasteiger partial charge in [-0.3, -0.25) is 14.5 Å². The smallest absolute Gasteiger partial charge is 0.253 e. The molecule has 27 heavy (non-hydrogen) atoms. The Labute approximate surface area is 161 Å². The van der Waals surface area contributed by atoms with Crippen molar-refractivity contribution in [1.82, 2.24) is 4.31 Å². The topological polar surface area (TPSA) is 86.8 Å². The van der Waals surface area contributed by atoms with Crippen molar-refractivity contribution in [3.63, 3.8) is 0 Å². The summed E-state index contributed by atoms with van der Waals surface area (Å²) in [5.74, 6) is -0.636. The number of thiophene rings is 1. The number of anilines is 2. The van der Waals surface area contributed by atoms with Crippen molar-refractivity contribution >= 4 is 44.5 Å². The largest absolute Gasteiger partial charge is 0.323 e. The van der Waals surface area contributed by atoms with Gasteiger partial charge >= 0.3 is 0 Å². The molecule has 0 unspecified atom stereocenters. The first-order chi connectivity index (χ1) is 13.0. The first-order valence-electron chi connectivity index (χ1n) is 8.74. The van der Waals surface area contributed by atoms with Crippen LogP contribution in [0.5, 0.6) is 0 Å². The van der Waals surface area contributed by atoms with E-state index in [9.17, 15) is 18.0 Å². The molecule has 9 heteroatoms.